The zero-order chi connectivity index (χ0) is 17.4. The molecule has 0 spiro atoms. The van der Waals surface area contributed by atoms with Crippen LogP contribution in [0.2, 0.25) is 0 Å². The number of carbonyl (C=O) groups is 1. The summed E-state index contributed by atoms with van der Waals surface area (Å²) in [6, 6.07) is 2.50. The van der Waals surface area contributed by atoms with Gasteiger partial charge in [0.2, 0.25) is 5.91 Å². The van der Waals surface area contributed by atoms with E-state index in [9.17, 15) is 18.7 Å². The summed E-state index contributed by atoms with van der Waals surface area (Å²) in [5, 5.41) is 16.8. The Morgan fingerprint density at radius 1 is 1.42 bits per heavy atom. The Labute approximate surface area is 138 Å². The zero-order valence-electron chi connectivity index (χ0n) is 13.5. The van der Waals surface area contributed by atoms with Crippen LogP contribution in [0, 0.1) is 25.5 Å². The highest BCUT2D eigenvalue weighted by molar-refractivity contribution is 5.80. The van der Waals surface area contributed by atoms with Crippen molar-refractivity contribution >= 4 is 5.91 Å². The molecule has 2 atom stereocenters. The van der Waals surface area contributed by atoms with Crippen molar-refractivity contribution in [2.24, 2.45) is 0 Å². The van der Waals surface area contributed by atoms with Gasteiger partial charge in [-0.2, -0.15) is 5.10 Å². The number of rotatable bonds is 3. The van der Waals surface area contributed by atoms with Crippen molar-refractivity contribution in [1.29, 1.82) is 0 Å². The van der Waals surface area contributed by atoms with Crippen LogP contribution in [0.3, 0.4) is 0 Å². The normalized spacial score (nSPS) is 20.6. The maximum atomic E-state index is 14.1. The quantitative estimate of drug-likeness (QED) is 0.903. The van der Waals surface area contributed by atoms with Crippen molar-refractivity contribution in [3.8, 4) is 0 Å². The molecule has 2 N–H and O–H groups in total. The lowest BCUT2D eigenvalue weighted by Crippen LogP contribution is -2.33. The minimum atomic E-state index is -0.756. The number of carbonyl (C=O) groups excluding carboxylic acids is 1. The lowest BCUT2D eigenvalue weighted by Gasteiger charge is -2.25. The average molecular weight is 335 g/mol. The molecule has 1 saturated heterocycles. The highest BCUT2D eigenvalue weighted by Gasteiger charge is 2.37. The van der Waals surface area contributed by atoms with Crippen LogP contribution in [0.5, 0.6) is 0 Å². The largest absolute Gasteiger partial charge is 0.391 e. The lowest BCUT2D eigenvalue weighted by atomic mass is 10.0. The van der Waals surface area contributed by atoms with Gasteiger partial charge in [0.05, 0.1) is 24.3 Å². The Kier molecular flexibility index (Phi) is 4.36. The Hall–Kier alpha value is -2.28. The van der Waals surface area contributed by atoms with Gasteiger partial charge in [-0.25, -0.2) is 8.78 Å². The van der Waals surface area contributed by atoms with Gasteiger partial charge in [0.15, 0.2) is 0 Å². The van der Waals surface area contributed by atoms with Gasteiger partial charge in [-0.15, -0.1) is 0 Å². The highest BCUT2D eigenvalue weighted by atomic mass is 19.1. The van der Waals surface area contributed by atoms with Crippen LogP contribution >= 0.6 is 0 Å². The minimum absolute atomic E-state index is 0.0977. The van der Waals surface area contributed by atoms with Crippen molar-refractivity contribution in [2.45, 2.75) is 38.8 Å². The number of aromatic amines is 1. The smallest absolute Gasteiger partial charge is 0.227 e. The van der Waals surface area contributed by atoms with Gasteiger partial charge in [0, 0.05) is 23.4 Å². The third kappa shape index (κ3) is 3.03. The van der Waals surface area contributed by atoms with E-state index in [4.69, 9.17) is 0 Å². The first-order valence-corrected chi connectivity index (χ1v) is 7.79. The predicted octanol–water partition coefficient (Wildman–Crippen LogP) is 2.18. The molecule has 1 aromatic heterocycles. The van der Waals surface area contributed by atoms with E-state index < -0.39 is 23.8 Å². The summed E-state index contributed by atoms with van der Waals surface area (Å²) >= 11 is 0. The van der Waals surface area contributed by atoms with Crippen LogP contribution in [0.25, 0.3) is 0 Å². The predicted molar refractivity (Wildman–Crippen MR) is 83.2 cm³/mol. The molecule has 0 radical (unpaired) electrons. The van der Waals surface area contributed by atoms with Gasteiger partial charge in [0.25, 0.3) is 0 Å². The van der Waals surface area contributed by atoms with Gasteiger partial charge in [-0.1, -0.05) is 0 Å². The summed E-state index contributed by atoms with van der Waals surface area (Å²) in [6.07, 6.45) is -0.461. The fourth-order valence-corrected chi connectivity index (χ4v) is 3.24. The van der Waals surface area contributed by atoms with Crippen LogP contribution < -0.4 is 0 Å². The lowest BCUT2D eigenvalue weighted by molar-refractivity contribution is -0.131. The second kappa shape index (κ2) is 6.32. The molecule has 2 unspecified atom stereocenters. The van der Waals surface area contributed by atoms with E-state index in [1.54, 1.807) is 6.92 Å². The molecular weight excluding hydrogens is 316 g/mol. The molecule has 2 heterocycles. The standard InChI is InChI=1S/C17H19F2N3O2/c1-9-13(10(2)21-20-9)7-17(24)22-8-12(23)6-16(22)14-5-11(18)3-4-15(14)19/h3-5,12,16,23H,6-8H2,1-2H3,(H,20,21). The molecule has 1 aromatic carbocycles. The van der Waals surface area contributed by atoms with Crippen molar-refractivity contribution in [1.82, 2.24) is 15.1 Å². The number of aromatic nitrogens is 2. The third-order valence-corrected chi connectivity index (χ3v) is 4.53. The van der Waals surface area contributed by atoms with E-state index in [0.29, 0.717) is 0 Å². The second-order valence-corrected chi connectivity index (χ2v) is 6.21. The Morgan fingerprint density at radius 2 is 2.17 bits per heavy atom. The first-order valence-electron chi connectivity index (χ1n) is 7.79. The van der Waals surface area contributed by atoms with E-state index in [2.05, 4.69) is 10.2 Å². The number of nitrogens with zero attached hydrogens (tertiary/aromatic N) is 2. The number of β-amino-alcohol motifs (C(OH)–C–C–N with tert-alkyl or cyclic N) is 1. The molecule has 0 aliphatic carbocycles. The molecule has 2 aromatic rings. The molecule has 1 fully saturated rings. The number of halogens is 2. The average Bonchev–Trinajstić information content (AvgIpc) is 3.07. The highest BCUT2D eigenvalue weighted by Crippen LogP contribution is 2.34. The Balaban J connectivity index is 1.88. The molecule has 1 aliphatic heterocycles. The van der Waals surface area contributed by atoms with E-state index in [-0.39, 0.29) is 30.9 Å². The van der Waals surface area contributed by atoms with Crippen LogP contribution in [0.4, 0.5) is 8.78 Å². The van der Waals surface area contributed by atoms with E-state index >= 15 is 0 Å². The third-order valence-electron chi connectivity index (χ3n) is 4.53. The van der Waals surface area contributed by atoms with Crippen molar-refractivity contribution in [2.75, 3.05) is 6.54 Å². The molecule has 7 heteroatoms. The SMILES string of the molecule is Cc1n[nH]c(C)c1CC(=O)N1CC(O)CC1c1cc(F)ccc1F. The summed E-state index contributed by atoms with van der Waals surface area (Å²) in [7, 11) is 0. The molecule has 0 bridgehead atoms. The number of aryl methyl sites for hydroxylation is 2. The van der Waals surface area contributed by atoms with Gasteiger partial charge in [-0.05, 0) is 38.5 Å². The molecule has 1 amide bonds. The molecule has 3 rings (SSSR count). The number of likely N-dealkylation sites (tertiary alicyclic amines) is 1. The van der Waals surface area contributed by atoms with Gasteiger partial charge in [-0.3, -0.25) is 9.89 Å². The minimum Gasteiger partial charge on any atom is -0.391 e. The number of H-pyrrole nitrogens is 1. The molecule has 1 aliphatic rings. The molecule has 128 valence electrons. The van der Waals surface area contributed by atoms with Crippen molar-refractivity contribution in [3.05, 3.63) is 52.3 Å². The number of hydrogen-bond acceptors (Lipinski definition) is 3. The number of benzene rings is 1. The van der Waals surface area contributed by atoms with Crippen molar-refractivity contribution < 1.29 is 18.7 Å². The van der Waals surface area contributed by atoms with Crippen LogP contribution in [-0.2, 0) is 11.2 Å². The Bertz CT molecular complexity index is 756. The zero-order valence-corrected chi connectivity index (χ0v) is 13.5. The van der Waals surface area contributed by atoms with Crippen molar-refractivity contribution in [3.63, 3.8) is 0 Å². The van der Waals surface area contributed by atoms with Crippen LogP contribution in [-0.4, -0.2) is 38.8 Å². The van der Waals surface area contributed by atoms with E-state index in [0.717, 1.165) is 35.2 Å². The topological polar surface area (TPSA) is 69.2 Å². The van der Waals surface area contributed by atoms with Gasteiger partial charge < -0.3 is 10.0 Å². The molecule has 5 nitrogen and oxygen atoms in total. The molecular formula is C17H19F2N3O2. The number of aliphatic hydroxyl groups excluding tert-OH is 1. The fraction of sp³-hybridized carbons (Fsp3) is 0.412. The Morgan fingerprint density at radius 3 is 2.83 bits per heavy atom. The summed E-state index contributed by atoms with van der Waals surface area (Å²) < 4.78 is 27.6. The number of hydrogen-bond donors (Lipinski definition) is 2. The number of aliphatic hydroxyl groups is 1. The number of amides is 1. The van der Waals surface area contributed by atoms with E-state index in [1.807, 2.05) is 6.92 Å². The van der Waals surface area contributed by atoms with Gasteiger partial charge in [0.1, 0.15) is 11.6 Å². The first kappa shape index (κ1) is 16.6. The van der Waals surface area contributed by atoms with E-state index in [1.165, 1.54) is 4.90 Å². The summed E-state index contributed by atoms with van der Waals surface area (Å²) in [4.78, 5) is 14.1. The maximum absolute atomic E-state index is 14.1. The van der Waals surface area contributed by atoms with Gasteiger partial charge >= 0.3 is 0 Å². The maximum Gasteiger partial charge on any atom is 0.227 e. The summed E-state index contributed by atoms with van der Waals surface area (Å²) in [5.41, 5.74) is 2.42. The monoisotopic (exact) mass is 335 g/mol. The summed E-state index contributed by atoms with van der Waals surface area (Å²) in [6.45, 7) is 3.73. The molecule has 24 heavy (non-hydrogen) atoms. The summed E-state index contributed by atoms with van der Waals surface area (Å²) in [5.74, 6) is -1.39. The first-order chi connectivity index (χ1) is 11.4. The fourth-order valence-electron chi connectivity index (χ4n) is 3.24. The van der Waals surface area contributed by atoms with Crippen LogP contribution in [0.1, 0.15) is 35.0 Å². The van der Waals surface area contributed by atoms with Crippen LogP contribution in [0.15, 0.2) is 18.2 Å². The number of nitrogens with one attached hydrogen (secondary N) is 1. The molecule has 0 saturated carbocycles. The second-order valence-electron chi connectivity index (χ2n) is 6.21.